The molecule has 2 N–H and O–H groups in total. The number of halogens is 1. The van der Waals surface area contributed by atoms with Gasteiger partial charge < -0.3 is 10.2 Å². The highest BCUT2D eigenvalue weighted by molar-refractivity contribution is 7.89. The van der Waals surface area contributed by atoms with E-state index in [1.54, 1.807) is 12.1 Å². The first-order valence-electron chi connectivity index (χ1n) is 10.0. The lowest BCUT2D eigenvalue weighted by atomic mass is 10.0. The summed E-state index contributed by atoms with van der Waals surface area (Å²) in [6.45, 7) is 6.37. The van der Waals surface area contributed by atoms with Crippen molar-refractivity contribution in [2.24, 2.45) is 5.92 Å². The standard InChI is InChI=1S/C20H31N3O3S.ClH/c1-3-15(2)22-27(25,26)19-8-6-17(7-9-19)20(24)23-12-10-18(11-13-23)21-14-16-4-5-16;/h6-9,15-16,18,21-22H,3-5,10-14H2,1-2H3;1H. The van der Waals surface area contributed by atoms with E-state index in [0.29, 0.717) is 11.6 Å². The normalized spacial score (nSPS) is 19.1. The van der Waals surface area contributed by atoms with Crippen LogP contribution in [0.15, 0.2) is 29.2 Å². The average molecular weight is 430 g/mol. The summed E-state index contributed by atoms with van der Waals surface area (Å²) < 4.78 is 27.3. The molecule has 3 rings (SSSR count). The predicted octanol–water partition coefficient (Wildman–Crippen LogP) is 2.79. The molecule has 1 aliphatic carbocycles. The number of hydrogen-bond acceptors (Lipinski definition) is 4. The van der Waals surface area contributed by atoms with Crippen LogP contribution in [-0.4, -0.2) is 50.9 Å². The second kappa shape index (κ2) is 10.1. The van der Waals surface area contributed by atoms with E-state index >= 15 is 0 Å². The molecule has 2 fully saturated rings. The lowest BCUT2D eigenvalue weighted by Gasteiger charge is -2.32. The van der Waals surface area contributed by atoms with Gasteiger partial charge in [-0.1, -0.05) is 6.92 Å². The predicted molar refractivity (Wildman–Crippen MR) is 113 cm³/mol. The summed E-state index contributed by atoms with van der Waals surface area (Å²) in [5.41, 5.74) is 0.543. The Morgan fingerprint density at radius 2 is 1.75 bits per heavy atom. The van der Waals surface area contributed by atoms with Crippen molar-refractivity contribution in [3.63, 3.8) is 0 Å². The van der Waals surface area contributed by atoms with Crippen LogP contribution < -0.4 is 10.0 Å². The summed E-state index contributed by atoms with van der Waals surface area (Å²) in [7, 11) is -3.54. The molecule has 158 valence electrons. The molecule has 1 amide bonds. The first kappa shape index (κ1) is 23.1. The topological polar surface area (TPSA) is 78.5 Å². The maximum absolute atomic E-state index is 12.7. The Morgan fingerprint density at radius 3 is 2.29 bits per heavy atom. The fourth-order valence-electron chi connectivity index (χ4n) is 3.32. The molecule has 0 bridgehead atoms. The number of likely N-dealkylation sites (tertiary alicyclic amines) is 1. The van der Waals surface area contributed by atoms with Crippen molar-refractivity contribution in [1.82, 2.24) is 14.9 Å². The van der Waals surface area contributed by atoms with Gasteiger partial charge >= 0.3 is 0 Å². The van der Waals surface area contributed by atoms with Gasteiger partial charge in [-0.2, -0.15) is 0 Å². The maximum atomic E-state index is 12.7. The van der Waals surface area contributed by atoms with Gasteiger partial charge in [-0.05, 0) is 75.8 Å². The van der Waals surface area contributed by atoms with Crippen molar-refractivity contribution in [3.05, 3.63) is 29.8 Å². The third-order valence-electron chi connectivity index (χ3n) is 5.55. The van der Waals surface area contributed by atoms with Crippen molar-refractivity contribution in [2.45, 2.75) is 62.9 Å². The van der Waals surface area contributed by atoms with E-state index in [1.165, 1.54) is 25.0 Å². The number of benzene rings is 1. The van der Waals surface area contributed by atoms with Crippen molar-refractivity contribution in [1.29, 1.82) is 0 Å². The summed E-state index contributed by atoms with van der Waals surface area (Å²) in [5, 5.41) is 3.62. The highest BCUT2D eigenvalue weighted by Crippen LogP contribution is 2.28. The van der Waals surface area contributed by atoms with E-state index in [1.807, 2.05) is 18.7 Å². The summed E-state index contributed by atoms with van der Waals surface area (Å²) in [6, 6.07) is 6.65. The van der Waals surface area contributed by atoms with Crippen molar-refractivity contribution in [3.8, 4) is 0 Å². The van der Waals surface area contributed by atoms with Gasteiger partial charge in [0, 0.05) is 30.7 Å². The van der Waals surface area contributed by atoms with Crippen LogP contribution in [0.2, 0.25) is 0 Å². The molecule has 0 radical (unpaired) electrons. The zero-order chi connectivity index (χ0) is 19.4. The molecular weight excluding hydrogens is 398 g/mol. The quantitative estimate of drug-likeness (QED) is 0.666. The van der Waals surface area contributed by atoms with E-state index in [4.69, 9.17) is 0 Å². The number of carbonyl (C=O) groups is 1. The number of sulfonamides is 1. The van der Waals surface area contributed by atoms with Gasteiger partial charge in [0.2, 0.25) is 10.0 Å². The summed E-state index contributed by atoms with van der Waals surface area (Å²) in [6.07, 6.45) is 5.38. The van der Waals surface area contributed by atoms with E-state index in [9.17, 15) is 13.2 Å². The third kappa shape index (κ3) is 6.17. The zero-order valence-corrected chi connectivity index (χ0v) is 18.3. The van der Waals surface area contributed by atoms with E-state index in [0.717, 1.165) is 44.8 Å². The fourth-order valence-corrected chi connectivity index (χ4v) is 4.64. The number of amides is 1. The maximum Gasteiger partial charge on any atom is 0.253 e. The largest absolute Gasteiger partial charge is 0.339 e. The lowest BCUT2D eigenvalue weighted by molar-refractivity contribution is 0.0705. The number of hydrogen-bond donors (Lipinski definition) is 2. The molecular formula is C20H32ClN3O3S. The molecule has 1 atom stereocenters. The third-order valence-corrected chi connectivity index (χ3v) is 7.16. The number of piperidine rings is 1. The molecule has 1 saturated heterocycles. The molecule has 8 heteroatoms. The summed E-state index contributed by atoms with van der Waals surface area (Å²) >= 11 is 0. The lowest BCUT2D eigenvalue weighted by Crippen LogP contribution is -2.45. The van der Waals surface area contributed by atoms with Crippen molar-refractivity contribution in [2.75, 3.05) is 19.6 Å². The SMILES string of the molecule is CCC(C)NS(=O)(=O)c1ccc(C(=O)N2CCC(NCC3CC3)CC2)cc1.Cl. The first-order chi connectivity index (χ1) is 12.9. The molecule has 0 spiro atoms. The second-order valence-corrected chi connectivity index (χ2v) is 9.59. The Kier molecular flexibility index (Phi) is 8.30. The molecule has 1 unspecified atom stereocenters. The van der Waals surface area contributed by atoms with Gasteiger partial charge in [0.05, 0.1) is 4.90 Å². The van der Waals surface area contributed by atoms with Gasteiger partial charge in [0.25, 0.3) is 5.91 Å². The van der Waals surface area contributed by atoms with Gasteiger partial charge in [-0.15, -0.1) is 12.4 Å². The molecule has 1 aromatic rings. The number of carbonyl (C=O) groups excluding carboxylic acids is 1. The highest BCUT2D eigenvalue weighted by atomic mass is 35.5. The fraction of sp³-hybridized carbons (Fsp3) is 0.650. The summed E-state index contributed by atoms with van der Waals surface area (Å²) in [5.74, 6) is 0.851. The van der Waals surface area contributed by atoms with Crippen LogP contribution in [0.3, 0.4) is 0 Å². The Morgan fingerprint density at radius 1 is 1.14 bits per heavy atom. The van der Waals surface area contributed by atoms with E-state index in [2.05, 4.69) is 10.0 Å². The van der Waals surface area contributed by atoms with Crippen LogP contribution >= 0.6 is 12.4 Å². The minimum Gasteiger partial charge on any atom is -0.339 e. The molecule has 1 aromatic carbocycles. The minimum absolute atomic E-state index is 0. The first-order valence-corrected chi connectivity index (χ1v) is 11.5. The Hall–Kier alpha value is -1.15. The Balaban J connectivity index is 0.00000280. The average Bonchev–Trinajstić information content (AvgIpc) is 3.50. The van der Waals surface area contributed by atoms with Crippen LogP contribution in [0.5, 0.6) is 0 Å². The van der Waals surface area contributed by atoms with Gasteiger partial charge in [-0.3, -0.25) is 4.79 Å². The zero-order valence-electron chi connectivity index (χ0n) is 16.7. The molecule has 28 heavy (non-hydrogen) atoms. The molecule has 0 aromatic heterocycles. The molecule has 1 aliphatic heterocycles. The van der Waals surface area contributed by atoms with Gasteiger partial charge in [0.15, 0.2) is 0 Å². The van der Waals surface area contributed by atoms with Crippen molar-refractivity contribution < 1.29 is 13.2 Å². The highest BCUT2D eigenvalue weighted by Gasteiger charge is 2.26. The molecule has 1 saturated carbocycles. The van der Waals surface area contributed by atoms with Gasteiger partial charge in [0.1, 0.15) is 0 Å². The monoisotopic (exact) mass is 429 g/mol. The smallest absolute Gasteiger partial charge is 0.253 e. The molecule has 1 heterocycles. The van der Waals surface area contributed by atoms with Crippen LogP contribution in [0.25, 0.3) is 0 Å². The number of nitrogens with one attached hydrogen (secondary N) is 2. The second-order valence-electron chi connectivity index (χ2n) is 7.87. The van der Waals surface area contributed by atoms with Crippen LogP contribution in [0, 0.1) is 5.92 Å². The Labute approximate surface area is 174 Å². The number of nitrogens with zero attached hydrogens (tertiary/aromatic N) is 1. The molecule has 6 nitrogen and oxygen atoms in total. The van der Waals surface area contributed by atoms with E-state index in [-0.39, 0.29) is 29.3 Å². The van der Waals surface area contributed by atoms with Crippen LogP contribution in [0.1, 0.15) is 56.3 Å². The molecule has 2 aliphatic rings. The Bertz CT molecular complexity index is 742. The summed E-state index contributed by atoms with van der Waals surface area (Å²) in [4.78, 5) is 14.8. The minimum atomic E-state index is -3.54. The van der Waals surface area contributed by atoms with Gasteiger partial charge in [-0.25, -0.2) is 13.1 Å². The van der Waals surface area contributed by atoms with Crippen LogP contribution in [0.4, 0.5) is 0 Å². The van der Waals surface area contributed by atoms with Crippen LogP contribution in [-0.2, 0) is 10.0 Å². The number of rotatable bonds is 8. The van der Waals surface area contributed by atoms with E-state index < -0.39 is 10.0 Å². The van der Waals surface area contributed by atoms with Crippen molar-refractivity contribution >= 4 is 28.3 Å².